The van der Waals surface area contributed by atoms with Gasteiger partial charge in [-0.25, -0.2) is 4.79 Å². The summed E-state index contributed by atoms with van der Waals surface area (Å²) in [7, 11) is 0. The number of aromatic nitrogens is 4. The lowest BCUT2D eigenvalue weighted by Crippen LogP contribution is -2.10. The summed E-state index contributed by atoms with van der Waals surface area (Å²) in [5, 5.41) is 18.0. The van der Waals surface area contributed by atoms with Gasteiger partial charge in [0.25, 0.3) is 0 Å². The van der Waals surface area contributed by atoms with E-state index in [9.17, 15) is 9.90 Å². The Morgan fingerprint density at radius 2 is 2.18 bits per heavy atom. The molecular weight excluding hydrogens is 280 g/mol. The molecule has 6 nitrogen and oxygen atoms in total. The zero-order chi connectivity index (χ0) is 16.1. The van der Waals surface area contributed by atoms with E-state index in [0.717, 1.165) is 36.9 Å². The van der Waals surface area contributed by atoms with Crippen LogP contribution in [0.15, 0.2) is 18.5 Å². The highest BCUT2D eigenvalue weighted by molar-refractivity contribution is 5.87. The Morgan fingerprint density at radius 3 is 2.77 bits per heavy atom. The smallest absolute Gasteiger partial charge is 0.354 e. The molecule has 6 heteroatoms. The Kier molecular flexibility index (Phi) is 5.35. The van der Waals surface area contributed by atoms with E-state index in [1.54, 1.807) is 10.9 Å². The van der Waals surface area contributed by atoms with Crippen molar-refractivity contribution in [1.29, 1.82) is 0 Å². The maximum atomic E-state index is 11.4. The summed E-state index contributed by atoms with van der Waals surface area (Å²) in [4.78, 5) is 11.4. The van der Waals surface area contributed by atoms with Crippen molar-refractivity contribution in [2.45, 2.75) is 59.0 Å². The molecule has 0 aliphatic heterocycles. The Labute approximate surface area is 130 Å². The lowest BCUT2D eigenvalue weighted by atomic mass is 10.0. The largest absolute Gasteiger partial charge is 0.477 e. The molecule has 2 rings (SSSR count). The fraction of sp³-hybridized carbons (Fsp3) is 0.562. The third kappa shape index (κ3) is 3.55. The SMILES string of the molecule is CCn1nc(C)c(CCCCC(C)n2cccn2)c1C(=O)O. The molecule has 0 aliphatic rings. The van der Waals surface area contributed by atoms with Crippen LogP contribution < -0.4 is 0 Å². The van der Waals surface area contributed by atoms with Crippen LogP contribution in [0.2, 0.25) is 0 Å². The van der Waals surface area contributed by atoms with Gasteiger partial charge in [-0.1, -0.05) is 6.42 Å². The van der Waals surface area contributed by atoms with Crippen LogP contribution >= 0.6 is 0 Å². The minimum absolute atomic E-state index is 0.347. The number of hydrogen-bond acceptors (Lipinski definition) is 3. The summed E-state index contributed by atoms with van der Waals surface area (Å²) in [6, 6.07) is 2.30. The third-order valence-electron chi connectivity index (χ3n) is 4.03. The molecule has 0 radical (unpaired) electrons. The second-order valence-electron chi connectivity index (χ2n) is 5.61. The average Bonchev–Trinajstić information content (AvgIpc) is 3.11. The first kappa shape index (κ1) is 16.3. The molecule has 1 N–H and O–H groups in total. The maximum Gasteiger partial charge on any atom is 0.354 e. The second kappa shape index (κ2) is 7.24. The first-order valence-corrected chi connectivity index (χ1v) is 7.83. The zero-order valence-corrected chi connectivity index (χ0v) is 13.5. The maximum absolute atomic E-state index is 11.4. The predicted molar refractivity (Wildman–Crippen MR) is 84.1 cm³/mol. The lowest BCUT2D eigenvalue weighted by molar-refractivity contribution is 0.0682. The van der Waals surface area contributed by atoms with E-state index in [0.29, 0.717) is 18.3 Å². The van der Waals surface area contributed by atoms with Gasteiger partial charge >= 0.3 is 5.97 Å². The second-order valence-corrected chi connectivity index (χ2v) is 5.61. The van der Waals surface area contributed by atoms with E-state index < -0.39 is 5.97 Å². The van der Waals surface area contributed by atoms with E-state index in [4.69, 9.17) is 0 Å². The fourth-order valence-electron chi connectivity index (χ4n) is 2.80. The topological polar surface area (TPSA) is 72.9 Å². The van der Waals surface area contributed by atoms with Gasteiger partial charge in [-0.2, -0.15) is 10.2 Å². The van der Waals surface area contributed by atoms with Crippen molar-refractivity contribution in [3.8, 4) is 0 Å². The number of unbranched alkanes of at least 4 members (excludes halogenated alkanes) is 1. The summed E-state index contributed by atoms with van der Waals surface area (Å²) >= 11 is 0. The van der Waals surface area contributed by atoms with Gasteiger partial charge in [0, 0.05) is 30.5 Å². The Bertz CT molecular complexity index is 616. The van der Waals surface area contributed by atoms with E-state index >= 15 is 0 Å². The number of carboxylic acid groups (broad SMARTS) is 1. The van der Waals surface area contributed by atoms with Gasteiger partial charge in [0.2, 0.25) is 0 Å². The van der Waals surface area contributed by atoms with Crippen LogP contribution in [-0.4, -0.2) is 30.6 Å². The van der Waals surface area contributed by atoms with Gasteiger partial charge in [-0.05, 0) is 46.1 Å². The van der Waals surface area contributed by atoms with Crippen molar-refractivity contribution >= 4 is 5.97 Å². The first-order chi connectivity index (χ1) is 10.5. The number of nitrogens with zero attached hydrogens (tertiary/aromatic N) is 4. The molecule has 2 aromatic rings. The molecule has 2 heterocycles. The molecule has 22 heavy (non-hydrogen) atoms. The van der Waals surface area contributed by atoms with Crippen molar-refractivity contribution in [1.82, 2.24) is 19.6 Å². The molecule has 1 unspecified atom stereocenters. The van der Waals surface area contributed by atoms with Crippen LogP contribution in [-0.2, 0) is 13.0 Å². The fourth-order valence-corrected chi connectivity index (χ4v) is 2.80. The van der Waals surface area contributed by atoms with Crippen LogP contribution in [0.4, 0.5) is 0 Å². The highest BCUT2D eigenvalue weighted by Crippen LogP contribution is 2.19. The summed E-state index contributed by atoms with van der Waals surface area (Å²) in [5.41, 5.74) is 2.06. The minimum Gasteiger partial charge on any atom is -0.477 e. The van der Waals surface area contributed by atoms with Crippen molar-refractivity contribution in [3.05, 3.63) is 35.4 Å². The lowest BCUT2D eigenvalue weighted by Gasteiger charge is -2.11. The van der Waals surface area contributed by atoms with Gasteiger partial charge in [-0.15, -0.1) is 0 Å². The standard InChI is InChI=1S/C16H24N4O2/c1-4-19-15(16(21)22)14(13(3)18-19)9-6-5-8-12(2)20-11-7-10-17-20/h7,10-12H,4-6,8-9H2,1-3H3,(H,21,22). The van der Waals surface area contributed by atoms with E-state index in [1.165, 1.54) is 0 Å². The number of carboxylic acids is 1. The van der Waals surface area contributed by atoms with E-state index in [2.05, 4.69) is 17.1 Å². The number of aryl methyl sites for hydroxylation is 2. The average molecular weight is 304 g/mol. The van der Waals surface area contributed by atoms with Gasteiger partial charge in [-0.3, -0.25) is 9.36 Å². The predicted octanol–water partition coefficient (Wildman–Crippen LogP) is 3.08. The number of aromatic carboxylic acids is 1. The van der Waals surface area contributed by atoms with E-state index in [1.807, 2.05) is 30.8 Å². The molecule has 0 saturated heterocycles. The summed E-state index contributed by atoms with van der Waals surface area (Å²) in [6.07, 6.45) is 7.56. The monoisotopic (exact) mass is 304 g/mol. The van der Waals surface area contributed by atoms with E-state index in [-0.39, 0.29) is 0 Å². The van der Waals surface area contributed by atoms with Crippen molar-refractivity contribution in [2.24, 2.45) is 0 Å². The summed E-state index contributed by atoms with van der Waals surface area (Å²) < 4.78 is 3.54. The molecule has 0 saturated carbocycles. The van der Waals surface area contributed by atoms with Gasteiger partial charge in [0.1, 0.15) is 5.69 Å². The molecule has 1 atom stereocenters. The molecule has 0 aliphatic carbocycles. The molecule has 0 spiro atoms. The molecule has 0 amide bonds. The van der Waals surface area contributed by atoms with Gasteiger partial charge in [0.15, 0.2) is 0 Å². The zero-order valence-electron chi connectivity index (χ0n) is 13.5. The van der Waals surface area contributed by atoms with Crippen molar-refractivity contribution in [2.75, 3.05) is 0 Å². The highest BCUT2D eigenvalue weighted by Gasteiger charge is 2.19. The van der Waals surface area contributed by atoms with Gasteiger partial charge in [0.05, 0.1) is 5.69 Å². The van der Waals surface area contributed by atoms with Crippen molar-refractivity contribution in [3.63, 3.8) is 0 Å². The van der Waals surface area contributed by atoms with Crippen LogP contribution in [0.1, 0.15) is 60.9 Å². The number of hydrogen-bond donors (Lipinski definition) is 1. The van der Waals surface area contributed by atoms with Crippen LogP contribution in [0, 0.1) is 6.92 Å². The molecule has 0 aromatic carbocycles. The highest BCUT2D eigenvalue weighted by atomic mass is 16.4. The number of rotatable bonds is 8. The van der Waals surface area contributed by atoms with Crippen molar-refractivity contribution < 1.29 is 9.90 Å². The molecule has 0 fully saturated rings. The third-order valence-corrected chi connectivity index (χ3v) is 4.03. The van der Waals surface area contributed by atoms with Crippen LogP contribution in [0.5, 0.6) is 0 Å². The summed E-state index contributed by atoms with van der Waals surface area (Å²) in [5.74, 6) is -0.887. The van der Waals surface area contributed by atoms with Crippen LogP contribution in [0.3, 0.4) is 0 Å². The molecular formula is C16H24N4O2. The Balaban J connectivity index is 1.92. The molecule has 2 aromatic heterocycles. The molecule has 0 bridgehead atoms. The number of carbonyl (C=O) groups is 1. The summed E-state index contributed by atoms with van der Waals surface area (Å²) in [6.45, 7) is 6.53. The Morgan fingerprint density at radius 1 is 1.41 bits per heavy atom. The Hall–Kier alpha value is -2.11. The minimum atomic E-state index is -0.887. The quantitative estimate of drug-likeness (QED) is 0.761. The first-order valence-electron chi connectivity index (χ1n) is 7.83. The van der Waals surface area contributed by atoms with Crippen LogP contribution in [0.25, 0.3) is 0 Å². The molecule has 120 valence electrons. The normalized spacial score (nSPS) is 12.5. The van der Waals surface area contributed by atoms with Gasteiger partial charge < -0.3 is 5.11 Å².